The Bertz CT molecular complexity index is 663. The van der Waals surface area contributed by atoms with E-state index in [2.05, 4.69) is 4.98 Å². The van der Waals surface area contributed by atoms with E-state index >= 15 is 0 Å². The summed E-state index contributed by atoms with van der Waals surface area (Å²) in [6.45, 7) is 1.52. The summed E-state index contributed by atoms with van der Waals surface area (Å²) in [5, 5.41) is 8.83. The van der Waals surface area contributed by atoms with Gasteiger partial charge in [0.05, 0.1) is 5.69 Å². The van der Waals surface area contributed by atoms with E-state index in [9.17, 15) is 14.4 Å². The molecule has 0 fully saturated rings. The number of carboxylic acid groups (broad SMARTS) is 1. The van der Waals surface area contributed by atoms with Crippen molar-refractivity contribution in [3.63, 3.8) is 0 Å². The van der Waals surface area contributed by atoms with Gasteiger partial charge in [-0.15, -0.1) is 11.3 Å². The van der Waals surface area contributed by atoms with Crippen LogP contribution in [0.15, 0.2) is 15.7 Å². The van der Waals surface area contributed by atoms with Crippen LogP contribution in [-0.4, -0.2) is 20.5 Å². The van der Waals surface area contributed by atoms with Crippen LogP contribution < -0.4 is 11.2 Å². The van der Waals surface area contributed by atoms with Gasteiger partial charge in [-0.3, -0.25) is 14.2 Å². The SMILES string of the molecule is Cc1c(C(=O)O)sc2cc(=O)[nH]c(=O)n12. The first-order chi connectivity index (χ1) is 7.00. The fraction of sp³-hybridized carbons (Fsp3) is 0.125. The number of carbonyl (C=O) groups is 1. The zero-order chi connectivity index (χ0) is 11.2. The molecule has 2 rings (SSSR count). The Morgan fingerprint density at radius 1 is 1.53 bits per heavy atom. The van der Waals surface area contributed by atoms with Crippen LogP contribution in [-0.2, 0) is 0 Å². The molecule has 0 aliphatic heterocycles. The molecule has 7 heteroatoms. The molecule has 0 aliphatic rings. The summed E-state index contributed by atoms with van der Waals surface area (Å²) in [5.74, 6) is -1.10. The highest BCUT2D eigenvalue weighted by atomic mass is 32.1. The Morgan fingerprint density at radius 3 is 2.80 bits per heavy atom. The van der Waals surface area contributed by atoms with Crippen LogP contribution in [0.1, 0.15) is 15.4 Å². The molecule has 2 aromatic heterocycles. The highest BCUT2D eigenvalue weighted by Crippen LogP contribution is 2.19. The normalized spacial score (nSPS) is 10.7. The molecule has 0 bridgehead atoms. The zero-order valence-electron chi connectivity index (χ0n) is 7.60. The Balaban J connectivity index is 3.01. The van der Waals surface area contributed by atoms with Gasteiger partial charge in [0.2, 0.25) is 0 Å². The average molecular weight is 226 g/mol. The Morgan fingerprint density at radius 2 is 2.20 bits per heavy atom. The zero-order valence-corrected chi connectivity index (χ0v) is 8.42. The van der Waals surface area contributed by atoms with Gasteiger partial charge in [0.1, 0.15) is 9.71 Å². The van der Waals surface area contributed by atoms with Crippen LogP contribution >= 0.6 is 11.3 Å². The Kier molecular flexibility index (Phi) is 1.97. The molecule has 2 aromatic rings. The van der Waals surface area contributed by atoms with Crippen molar-refractivity contribution in [1.29, 1.82) is 0 Å². The molecule has 0 unspecified atom stereocenters. The quantitative estimate of drug-likeness (QED) is 0.719. The van der Waals surface area contributed by atoms with Gasteiger partial charge < -0.3 is 5.11 Å². The predicted molar refractivity (Wildman–Crippen MR) is 53.9 cm³/mol. The maximum atomic E-state index is 11.4. The van der Waals surface area contributed by atoms with Crippen molar-refractivity contribution in [2.24, 2.45) is 0 Å². The van der Waals surface area contributed by atoms with Gasteiger partial charge in [-0.1, -0.05) is 0 Å². The van der Waals surface area contributed by atoms with E-state index in [1.54, 1.807) is 0 Å². The summed E-state index contributed by atoms with van der Waals surface area (Å²) >= 11 is 0.904. The molecular weight excluding hydrogens is 220 g/mol. The molecular formula is C8H6N2O4S. The number of aromatic nitrogens is 2. The third kappa shape index (κ3) is 1.37. The van der Waals surface area contributed by atoms with Crippen LogP contribution in [0.2, 0.25) is 0 Å². The van der Waals surface area contributed by atoms with E-state index in [4.69, 9.17) is 5.11 Å². The summed E-state index contributed by atoms with van der Waals surface area (Å²) in [7, 11) is 0. The number of carboxylic acids is 1. The number of aromatic amines is 1. The highest BCUT2D eigenvalue weighted by Gasteiger charge is 2.15. The van der Waals surface area contributed by atoms with E-state index in [1.165, 1.54) is 17.4 Å². The molecule has 0 aliphatic carbocycles. The number of hydrogen-bond donors (Lipinski definition) is 2. The lowest BCUT2D eigenvalue weighted by Gasteiger charge is -1.93. The molecule has 0 amide bonds. The maximum Gasteiger partial charge on any atom is 0.347 e. The van der Waals surface area contributed by atoms with Crippen LogP contribution in [0, 0.1) is 6.92 Å². The lowest BCUT2D eigenvalue weighted by Crippen LogP contribution is -2.25. The van der Waals surface area contributed by atoms with E-state index in [1.807, 2.05) is 0 Å². The van der Waals surface area contributed by atoms with Crippen molar-refractivity contribution in [1.82, 2.24) is 9.38 Å². The number of fused-ring (bicyclic) bond motifs is 1. The van der Waals surface area contributed by atoms with Crippen molar-refractivity contribution >= 4 is 22.1 Å². The number of nitrogens with one attached hydrogen (secondary N) is 1. The topological polar surface area (TPSA) is 91.6 Å². The van der Waals surface area contributed by atoms with Gasteiger partial charge in [-0.25, -0.2) is 9.59 Å². The van der Waals surface area contributed by atoms with E-state index in [-0.39, 0.29) is 4.88 Å². The molecule has 2 heterocycles. The third-order valence-corrected chi connectivity index (χ3v) is 3.16. The number of nitrogens with zero attached hydrogens (tertiary/aromatic N) is 1. The number of hydrogen-bond acceptors (Lipinski definition) is 4. The first-order valence-electron chi connectivity index (χ1n) is 3.99. The lowest BCUT2D eigenvalue weighted by molar-refractivity contribution is 0.0701. The van der Waals surface area contributed by atoms with E-state index < -0.39 is 17.2 Å². The van der Waals surface area contributed by atoms with Gasteiger partial charge in [-0.05, 0) is 6.92 Å². The number of thiazole rings is 1. The fourth-order valence-electron chi connectivity index (χ4n) is 1.35. The molecule has 0 radical (unpaired) electrons. The molecule has 0 aromatic carbocycles. The summed E-state index contributed by atoms with van der Waals surface area (Å²) in [6.07, 6.45) is 0. The first-order valence-corrected chi connectivity index (χ1v) is 4.81. The second-order valence-corrected chi connectivity index (χ2v) is 3.96. The lowest BCUT2D eigenvalue weighted by atomic mass is 10.4. The molecule has 2 N–H and O–H groups in total. The third-order valence-electron chi connectivity index (χ3n) is 1.97. The number of aromatic carboxylic acids is 1. The van der Waals surface area contributed by atoms with E-state index in [0.717, 1.165) is 11.3 Å². The summed E-state index contributed by atoms with van der Waals surface area (Å²) in [4.78, 5) is 35.6. The van der Waals surface area contributed by atoms with Gasteiger partial charge in [-0.2, -0.15) is 0 Å². The van der Waals surface area contributed by atoms with Crippen LogP contribution in [0.3, 0.4) is 0 Å². The number of H-pyrrole nitrogens is 1. The molecule has 6 nitrogen and oxygen atoms in total. The fourth-order valence-corrected chi connectivity index (χ4v) is 2.36. The molecule has 0 atom stereocenters. The number of rotatable bonds is 1. The highest BCUT2D eigenvalue weighted by molar-refractivity contribution is 7.19. The molecule has 0 saturated carbocycles. The smallest absolute Gasteiger partial charge is 0.347 e. The minimum atomic E-state index is -1.10. The largest absolute Gasteiger partial charge is 0.477 e. The Labute approximate surface area is 86.4 Å². The summed E-state index contributed by atoms with van der Waals surface area (Å²) < 4.78 is 1.18. The van der Waals surface area contributed by atoms with E-state index in [0.29, 0.717) is 10.5 Å². The minimum Gasteiger partial charge on any atom is -0.477 e. The average Bonchev–Trinajstić information content (AvgIpc) is 2.42. The van der Waals surface area contributed by atoms with Crippen LogP contribution in [0.25, 0.3) is 4.83 Å². The standard InChI is InChI=1S/C8H6N2O4S/c1-3-6(7(12)13)15-5-2-4(11)9-8(14)10(3)5/h2H,1H3,(H,12,13)(H,9,11,14). The van der Waals surface area contributed by atoms with Crippen molar-refractivity contribution < 1.29 is 9.90 Å². The molecule has 0 spiro atoms. The maximum absolute atomic E-state index is 11.4. The van der Waals surface area contributed by atoms with Crippen molar-refractivity contribution in [2.75, 3.05) is 0 Å². The monoisotopic (exact) mass is 226 g/mol. The Hall–Kier alpha value is -1.89. The van der Waals surface area contributed by atoms with Gasteiger partial charge in [0, 0.05) is 6.07 Å². The second-order valence-electron chi connectivity index (χ2n) is 2.93. The molecule has 0 saturated heterocycles. The first kappa shape index (κ1) is 9.66. The van der Waals surface area contributed by atoms with Gasteiger partial charge in [0.25, 0.3) is 5.56 Å². The molecule has 78 valence electrons. The second kappa shape index (κ2) is 3.06. The van der Waals surface area contributed by atoms with Crippen molar-refractivity contribution in [2.45, 2.75) is 6.92 Å². The van der Waals surface area contributed by atoms with Crippen molar-refractivity contribution in [3.05, 3.63) is 37.5 Å². The molecule has 15 heavy (non-hydrogen) atoms. The number of aryl methyl sites for hydroxylation is 1. The van der Waals surface area contributed by atoms with Gasteiger partial charge in [0.15, 0.2) is 0 Å². The van der Waals surface area contributed by atoms with Crippen LogP contribution in [0.4, 0.5) is 0 Å². The van der Waals surface area contributed by atoms with Crippen LogP contribution in [0.5, 0.6) is 0 Å². The van der Waals surface area contributed by atoms with Crippen molar-refractivity contribution in [3.8, 4) is 0 Å². The predicted octanol–water partition coefficient (Wildman–Crippen LogP) is 0.0559. The van der Waals surface area contributed by atoms with Gasteiger partial charge >= 0.3 is 11.7 Å². The summed E-state index contributed by atoms with van der Waals surface area (Å²) in [6, 6.07) is 1.20. The summed E-state index contributed by atoms with van der Waals surface area (Å²) in [5.41, 5.74) is -0.819. The minimum absolute atomic E-state index is 0.0612.